The Hall–Kier alpha value is -2.22. The van der Waals surface area contributed by atoms with Crippen molar-refractivity contribution in [2.24, 2.45) is 5.92 Å². The molecule has 112 valence electrons. The van der Waals surface area contributed by atoms with E-state index in [1.807, 2.05) is 0 Å². The van der Waals surface area contributed by atoms with Gasteiger partial charge in [0.15, 0.2) is 0 Å². The second-order valence-electron chi connectivity index (χ2n) is 4.76. The van der Waals surface area contributed by atoms with Crippen LogP contribution in [0.1, 0.15) is 23.7 Å². The molecule has 2 heterocycles. The molecular weight excluding hydrogens is 302 g/mol. The normalized spacial score (nSPS) is 21.3. The van der Waals surface area contributed by atoms with Crippen molar-refractivity contribution in [2.75, 3.05) is 6.54 Å². The Morgan fingerprint density at radius 1 is 1.57 bits per heavy atom. The summed E-state index contributed by atoms with van der Waals surface area (Å²) in [6.07, 6.45) is 1.30. The van der Waals surface area contributed by atoms with Gasteiger partial charge in [0, 0.05) is 18.7 Å². The van der Waals surface area contributed by atoms with E-state index < -0.39 is 28.8 Å². The van der Waals surface area contributed by atoms with Gasteiger partial charge in [0.25, 0.3) is 11.6 Å². The fraction of sp³-hybridized carbons (Fsp3) is 0.417. The van der Waals surface area contributed by atoms with Gasteiger partial charge < -0.3 is 10.0 Å². The molecule has 1 aromatic rings. The molecule has 0 aliphatic carbocycles. The maximum atomic E-state index is 12.4. The molecule has 0 spiro atoms. The smallest absolute Gasteiger partial charge is 0.308 e. The third-order valence-electron chi connectivity index (χ3n) is 3.60. The molecule has 1 N–H and O–H groups in total. The van der Waals surface area contributed by atoms with E-state index in [1.54, 1.807) is 6.92 Å². The summed E-state index contributed by atoms with van der Waals surface area (Å²) in [5, 5.41) is 19.7. The molecule has 1 aliphatic heterocycles. The standard InChI is InChI=1S/C12H12ClN3O5/c1-6-8(12(18)19)2-3-15(6)11(17)9-4-7(16(20)21)5-14-10(9)13/h4-6,8H,2-3H2,1H3,(H,18,19). The third kappa shape index (κ3) is 2.80. The lowest BCUT2D eigenvalue weighted by Crippen LogP contribution is -2.37. The van der Waals surface area contributed by atoms with Crippen molar-refractivity contribution in [2.45, 2.75) is 19.4 Å². The van der Waals surface area contributed by atoms with Crippen LogP contribution in [-0.2, 0) is 4.79 Å². The molecule has 8 nitrogen and oxygen atoms in total. The van der Waals surface area contributed by atoms with Gasteiger partial charge in [0.1, 0.15) is 11.3 Å². The van der Waals surface area contributed by atoms with Crippen LogP contribution in [0.15, 0.2) is 12.3 Å². The molecular formula is C12H12ClN3O5. The number of hydrogen-bond acceptors (Lipinski definition) is 5. The van der Waals surface area contributed by atoms with Crippen LogP contribution in [0, 0.1) is 16.0 Å². The van der Waals surface area contributed by atoms with Crippen molar-refractivity contribution in [1.82, 2.24) is 9.88 Å². The Bertz CT molecular complexity index is 621. The molecule has 2 unspecified atom stereocenters. The number of carboxylic acid groups (broad SMARTS) is 1. The minimum atomic E-state index is -0.971. The highest BCUT2D eigenvalue weighted by Gasteiger charge is 2.39. The van der Waals surface area contributed by atoms with Crippen molar-refractivity contribution in [3.63, 3.8) is 0 Å². The maximum absolute atomic E-state index is 12.4. The monoisotopic (exact) mass is 313 g/mol. The molecule has 1 saturated heterocycles. The van der Waals surface area contributed by atoms with Crippen LogP contribution in [0.5, 0.6) is 0 Å². The molecule has 1 fully saturated rings. The van der Waals surface area contributed by atoms with Gasteiger partial charge >= 0.3 is 5.97 Å². The van der Waals surface area contributed by atoms with Gasteiger partial charge in [-0.2, -0.15) is 0 Å². The van der Waals surface area contributed by atoms with E-state index >= 15 is 0 Å². The SMILES string of the molecule is CC1C(C(=O)O)CCN1C(=O)c1cc([N+](=O)[O-])cnc1Cl. The summed E-state index contributed by atoms with van der Waals surface area (Å²) >= 11 is 5.82. The largest absolute Gasteiger partial charge is 0.481 e. The maximum Gasteiger partial charge on any atom is 0.308 e. The number of likely N-dealkylation sites (tertiary alicyclic amines) is 1. The molecule has 0 radical (unpaired) electrons. The molecule has 1 aromatic heterocycles. The number of carbonyl (C=O) groups excluding carboxylic acids is 1. The third-order valence-corrected chi connectivity index (χ3v) is 3.90. The summed E-state index contributed by atoms with van der Waals surface area (Å²) in [4.78, 5) is 38.5. The van der Waals surface area contributed by atoms with E-state index in [-0.39, 0.29) is 22.9 Å². The lowest BCUT2D eigenvalue weighted by atomic mass is 10.0. The lowest BCUT2D eigenvalue weighted by molar-refractivity contribution is -0.385. The Labute approximate surface area is 124 Å². The zero-order chi connectivity index (χ0) is 15.7. The van der Waals surface area contributed by atoms with Gasteiger partial charge in [-0.1, -0.05) is 11.6 Å². The summed E-state index contributed by atoms with van der Waals surface area (Å²) in [7, 11) is 0. The quantitative estimate of drug-likeness (QED) is 0.515. The van der Waals surface area contributed by atoms with Gasteiger partial charge in [0.2, 0.25) is 0 Å². The van der Waals surface area contributed by atoms with E-state index in [2.05, 4.69) is 4.98 Å². The molecule has 2 atom stereocenters. The topological polar surface area (TPSA) is 114 Å². The van der Waals surface area contributed by atoms with Gasteiger partial charge in [-0.15, -0.1) is 0 Å². The highest BCUT2D eigenvalue weighted by atomic mass is 35.5. The van der Waals surface area contributed by atoms with Crippen LogP contribution in [0.25, 0.3) is 0 Å². The molecule has 0 bridgehead atoms. The Morgan fingerprint density at radius 3 is 2.76 bits per heavy atom. The highest BCUT2D eigenvalue weighted by molar-refractivity contribution is 6.32. The van der Waals surface area contributed by atoms with Crippen LogP contribution in [0.2, 0.25) is 5.15 Å². The molecule has 0 aromatic carbocycles. The fourth-order valence-corrected chi connectivity index (χ4v) is 2.58. The molecule has 2 rings (SSSR count). The first-order valence-corrected chi connectivity index (χ1v) is 6.54. The number of hydrogen-bond donors (Lipinski definition) is 1. The number of halogens is 1. The fourth-order valence-electron chi connectivity index (χ4n) is 2.40. The molecule has 1 amide bonds. The summed E-state index contributed by atoms with van der Waals surface area (Å²) in [6, 6.07) is 0.545. The van der Waals surface area contributed by atoms with Crippen LogP contribution < -0.4 is 0 Å². The van der Waals surface area contributed by atoms with E-state index in [1.165, 1.54) is 4.90 Å². The number of aromatic nitrogens is 1. The van der Waals surface area contributed by atoms with Crippen LogP contribution >= 0.6 is 11.6 Å². The van der Waals surface area contributed by atoms with Crippen molar-refractivity contribution in [1.29, 1.82) is 0 Å². The first-order valence-electron chi connectivity index (χ1n) is 6.16. The van der Waals surface area contributed by atoms with Crippen molar-refractivity contribution in [3.05, 3.63) is 33.1 Å². The van der Waals surface area contributed by atoms with Crippen LogP contribution in [0.4, 0.5) is 5.69 Å². The minimum absolute atomic E-state index is 0.0937. The number of aliphatic carboxylic acids is 1. The number of nitrogens with zero attached hydrogens (tertiary/aromatic N) is 3. The Kier molecular flexibility index (Phi) is 4.08. The van der Waals surface area contributed by atoms with E-state index in [9.17, 15) is 19.7 Å². The molecule has 1 aliphatic rings. The van der Waals surface area contributed by atoms with Crippen molar-refractivity contribution in [3.8, 4) is 0 Å². The number of carboxylic acids is 1. The summed E-state index contributed by atoms with van der Waals surface area (Å²) in [6.45, 7) is 1.89. The first kappa shape index (κ1) is 15.2. The van der Waals surface area contributed by atoms with E-state index in [0.29, 0.717) is 6.42 Å². The second-order valence-corrected chi connectivity index (χ2v) is 5.12. The van der Waals surface area contributed by atoms with Gasteiger partial charge in [0.05, 0.1) is 16.4 Å². The zero-order valence-corrected chi connectivity index (χ0v) is 11.8. The summed E-state index contributed by atoms with van der Waals surface area (Å²) in [5.41, 5.74) is -0.437. The number of rotatable bonds is 3. The Balaban J connectivity index is 2.31. The van der Waals surface area contributed by atoms with E-state index in [4.69, 9.17) is 16.7 Å². The predicted octanol–water partition coefficient (Wildman–Crippen LogP) is 1.58. The summed E-state index contributed by atoms with van der Waals surface area (Å²) in [5.74, 6) is -2.17. The predicted molar refractivity (Wildman–Crippen MR) is 72.1 cm³/mol. The van der Waals surface area contributed by atoms with Gasteiger partial charge in [-0.25, -0.2) is 4.98 Å². The number of amides is 1. The average Bonchev–Trinajstić information content (AvgIpc) is 2.80. The average molecular weight is 314 g/mol. The lowest BCUT2D eigenvalue weighted by Gasteiger charge is -2.23. The first-order chi connectivity index (χ1) is 9.82. The van der Waals surface area contributed by atoms with Crippen LogP contribution in [-0.4, -0.2) is 44.4 Å². The number of carbonyl (C=O) groups is 2. The molecule has 21 heavy (non-hydrogen) atoms. The molecule has 0 saturated carbocycles. The molecule has 9 heteroatoms. The van der Waals surface area contributed by atoms with Gasteiger partial charge in [-0.3, -0.25) is 19.7 Å². The second kappa shape index (κ2) is 5.65. The van der Waals surface area contributed by atoms with Crippen molar-refractivity contribution >= 4 is 29.2 Å². The number of nitro groups is 1. The zero-order valence-electron chi connectivity index (χ0n) is 11.0. The number of pyridine rings is 1. The van der Waals surface area contributed by atoms with Crippen LogP contribution in [0.3, 0.4) is 0 Å². The van der Waals surface area contributed by atoms with Gasteiger partial charge in [-0.05, 0) is 13.3 Å². The minimum Gasteiger partial charge on any atom is -0.481 e. The summed E-state index contributed by atoms with van der Waals surface area (Å²) < 4.78 is 0. The van der Waals surface area contributed by atoms with Crippen molar-refractivity contribution < 1.29 is 19.6 Å². The highest BCUT2D eigenvalue weighted by Crippen LogP contribution is 2.28. The van der Waals surface area contributed by atoms with E-state index in [0.717, 1.165) is 12.3 Å². The Morgan fingerprint density at radius 2 is 2.24 bits per heavy atom.